The maximum absolute atomic E-state index is 4.88. The highest BCUT2D eigenvalue weighted by Gasteiger charge is 2.19. The maximum Gasteiger partial charge on any atom is 0.128 e. The Labute approximate surface area is 162 Å². The molecule has 1 aliphatic heterocycles. The predicted octanol–water partition coefficient (Wildman–Crippen LogP) is 5.27. The number of pyridine rings is 3. The van der Waals surface area contributed by atoms with Crippen LogP contribution in [0.5, 0.6) is 0 Å². The number of hydrogen-bond acceptors (Lipinski definition) is 5. The molecule has 1 fully saturated rings. The van der Waals surface area contributed by atoms with Crippen molar-refractivity contribution < 1.29 is 0 Å². The zero-order valence-corrected chi connectivity index (χ0v) is 16.0. The van der Waals surface area contributed by atoms with Gasteiger partial charge in [-0.15, -0.1) is 11.3 Å². The lowest BCUT2D eigenvalue weighted by Gasteiger charge is -2.16. The molecule has 0 aliphatic carbocycles. The summed E-state index contributed by atoms with van der Waals surface area (Å²) in [5.41, 5.74) is 3.16. The van der Waals surface area contributed by atoms with E-state index in [2.05, 4.69) is 58.2 Å². The van der Waals surface area contributed by atoms with E-state index in [0.29, 0.717) is 0 Å². The van der Waals surface area contributed by atoms with Crippen molar-refractivity contribution >= 4 is 27.4 Å². The van der Waals surface area contributed by atoms with Crippen LogP contribution in [0.15, 0.2) is 61.1 Å². The van der Waals surface area contributed by atoms with Crippen LogP contribution in [0.1, 0.15) is 13.3 Å². The molecule has 27 heavy (non-hydrogen) atoms. The summed E-state index contributed by atoms with van der Waals surface area (Å²) >= 11 is 1.70. The average Bonchev–Trinajstić information content (AvgIpc) is 3.34. The zero-order chi connectivity index (χ0) is 18.2. The second-order valence-corrected chi connectivity index (χ2v) is 8.22. The normalized spacial score (nSPS) is 16.9. The van der Waals surface area contributed by atoms with Crippen LogP contribution in [0.25, 0.3) is 31.9 Å². The van der Waals surface area contributed by atoms with Crippen LogP contribution in [0.3, 0.4) is 0 Å². The molecule has 0 saturated carbocycles. The molecule has 134 valence electrons. The van der Waals surface area contributed by atoms with Gasteiger partial charge >= 0.3 is 0 Å². The highest BCUT2D eigenvalue weighted by molar-refractivity contribution is 7.21. The Kier molecular flexibility index (Phi) is 4.09. The van der Waals surface area contributed by atoms with Crippen molar-refractivity contribution in [2.45, 2.75) is 13.3 Å². The average molecular weight is 372 g/mol. The molecule has 1 saturated heterocycles. The smallest absolute Gasteiger partial charge is 0.128 e. The minimum absolute atomic E-state index is 0.753. The minimum Gasteiger partial charge on any atom is -0.356 e. The summed E-state index contributed by atoms with van der Waals surface area (Å²) < 4.78 is 0. The Morgan fingerprint density at radius 2 is 2.04 bits per heavy atom. The number of thiophene rings is 1. The molecule has 1 atom stereocenters. The van der Waals surface area contributed by atoms with Gasteiger partial charge in [0.15, 0.2) is 0 Å². The van der Waals surface area contributed by atoms with Gasteiger partial charge in [-0.3, -0.25) is 4.98 Å². The first-order valence-corrected chi connectivity index (χ1v) is 10.1. The van der Waals surface area contributed by atoms with Crippen molar-refractivity contribution in [1.82, 2.24) is 15.0 Å². The molecule has 1 aliphatic rings. The van der Waals surface area contributed by atoms with E-state index < -0.39 is 0 Å². The molecule has 4 nitrogen and oxygen atoms in total. The van der Waals surface area contributed by atoms with Gasteiger partial charge in [-0.05, 0) is 48.7 Å². The summed E-state index contributed by atoms with van der Waals surface area (Å²) in [5, 5.41) is 1.17. The van der Waals surface area contributed by atoms with Crippen LogP contribution in [-0.2, 0) is 0 Å². The number of fused-ring (bicyclic) bond motifs is 1. The van der Waals surface area contributed by atoms with Gasteiger partial charge < -0.3 is 4.90 Å². The minimum atomic E-state index is 0.753. The van der Waals surface area contributed by atoms with Gasteiger partial charge in [0.05, 0.1) is 5.69 Å². The van der Waals surface area contributed by atoms with Gasteiger partial charge in [-0.1, -0.05) is 13.0 Å². The van der Waals surface area contributed by atoms with E-state index in [-0.39, 0.29) is 0 Å². The standard InChI is InChI=1S/C22H20N4S/c1-15-8-10-26(14-15)21-7-5-17(13-24-21)19-6-4-16-11-20(27-22(16)25-19)18-3-2-9-23-12-18/h2-7,9,11-13,15H,8,10,14H2,1H3. The first-order valence-electron chi connectivity index (χ1n) is 9.28. The third kappa shape index (κ3) is 3.19. The number of aromatic nitrogens is 3. The predicted molar refractivity (Wildman–Crippen MR) is 112 cm³/mol. The summed E-state index contributed by atoms with van der Waals surface area (Å²) in [6.07, 6.45) is 6.89. The quantitative estimate of drug-likeness (QED) is 0.491. The van der Waals surface area contributed by atoms with Crippen molar-refractivity contribution in [3.63, 3.8) is 0 Å². The topological polar surface area (TPSA) is 41.9 Å². The van der Waals surface area contributed by atoms with E-state index in [9.17, 15) is 0 Å². The third-order valence-electron chi connectivity index (χ3n) is 5.12. The Hall–Kier alpha value is -2.79. The summed E-state index contributed by atoms with van der Waals surface area (Å²) in [6, 6.07) is 14.7. The van der Waals surface area contributed by atoms with Gasteiger partial charge in [0.25, 0.3) is 0 Å². The fourth-order valence-electron chi connectivity index (χ4n) is 3.60. The lowest BCUT2D eigenvalue weighted by Crippen LogP contribution is -2.19. The molecule has 0 bridgehead atoms. The fourth-order valence-corrected chi connectivity index (χ4v) is 4.62. The Bertz CT molecular complexity index is 1070. The molecule has 0 spiro atoms. The number of anilines is 1. The third-order valence-corrected chi connectivity index (χ3v) is 6.21. The summed E-state index contributed by atoms with van der Waals surface area (Å²) in [6.45, 7) is 4.50. The molecular formula is C22H20N4S. The molecule has 5 heteroatoms. The monoisotopic (exact) mass is 372 g/mol. The van der Waals surface area contributed by atoms with E-state index in [1.165, 1.54) is 16.7 Å². The lowest BCUT2D eigenvalue weighted by molar-refractivity contribution is 0.659. The second kappa shape index (κ2) is 6.74. The SMILES string of the molecule is CC1CCN(c2ccc(-c3ccc4cc(-c5cccnc5)sc4n3)cn2)C1. The van der Waals surface area contributed by atoms with Gasteiger partial charge in [-0.25, -0.2) is 9.97 Å². The van der Waals surface area contributed by atoms with Crippen molar-refractivity contribution in [2.75, 3.05) is 18.0 Å². The van der Waals surface area contributed by atoms with E-state index >= 15 is 0 Å². The van der Waals surface area contributed by atoms with Gasteiger partial charge in [-0.2, -0.15) is 0 Å². The van der Waals surface area contributed by atoms with Crippen molar-refractivity contribution in [1.29, 1.82) is 0 Å². The first-order chi connectivity index (χ1) is 13.3. The first kappa shape index (κ1) is 16.4. The Morgan fingerprint density at radius 3 is 2.78 bits per heavy atom. The molecule has 0 amide bonds. The maximum atomic E-state index is 4.88. The Morgan fingerprint density at radius 1 is 1.07 bits per heavy atom. The highest BCUT2D eigenvalue weighted by Crippen LogP contribution is 2.33. The largest absolute Gasteiger partial charge is 0.356 e. The number of hydrogen-bond donors (Lipinski definition) is 0. The molecule has 0 N–H and O–H groups in total. The molecule has 5 heterocycles. The summed E-state index contributed by atoms with van der Waals surface area (Å²) in [7, 11) is 0. The highest BCUT2D eigenvalue weighted by atomic mass is 32.1. The number of nitrogens with zero attached hydrogens (tertiary/aromatic N) is 4. The van der Waals surface area contributed by atoms with Crippen molar-refractivity contribution in [3.8, 4) is 21.7 Å². The molecular weight excluding hydrogens is 352 g/mol. The van der Waals surface area contributed by atoms with E-state index in [1.54, 1.807) is 17.5 Å². The molecule has 1 unspecified atom stereocenters. The molecule has 0 radical (unpaired) electrons. The zero-order valence-electron chi connectivity index (χ0n) is 15.2. The van der Waals surface area contributed by atoms with Crippen LogP contribution < -0.4 is 4.90 Å². The van der Waals surface area contributed by atoms with Crippen LogP contribution in [0, 0.1) is 5.92 Å². The number of rotatable bonds is 3. The molecule has 4 aromatic heterocycles. The van der Waals surface area contributed by atoms with Gasteiger partial charge in [0.1, 0.15) is 10.6 Å². The van der Waals surface area contributed by atoms with Crippen LogP contribution in [0.4, 0.5) is 5.82 Å². The van der Waals surface area contributed by atoms with Crippen molar-refractivity contribution in [2.24, 2.45) is 5.92 Å². The van der Waals surface area contributed by atoms with Gasteiger partial charge in [0, 0.05) is 53.1 Å². The van der Waals surface area contributed by atoms with Crippen LogP contribution >= 0.6 is 11.3 Å². The second-order valence-electron chi connectivity index (χ2n) is 7.19. The molecule has 4 aromatic rings. The Balaban J connectivity index is 1.44. The van der Waals surface area contributed by atoms with E-state index in [4.69, 9.17) is 4.98 Å². The fraction of sp³-hybridized carbons (Fsp3) is 0.227. The summed E-state index contributed by atoms with van der Waals surface area (Å²) in [5.74, 6) is 1.82. The van der Waals surface area contributed by atoms with Gasteiger partial charge in [0.2, 0.25) is 0 Å². The van der Waals surface area contributed by atoms with E-state index in [1.807, 2.05) is 18.5 Å². The van der Waals surface area contributed by atoms with Crippen LogP contribution in [-0.4, -0.2) is 28.0 Å². The van der Waals surface area contributed by atoms with Crippen LogP contribution in [0.2, 0.25) is 0 Å². The lowest BCUT2D eigenvalue weighted by atomic mass is 10.1. The van der Waals surface area contributed by atoms with Crippen molar-refractivity contribution in [3.05, 3.63) is 61.1 Å². The molecule has 5 rings (SSSR count). The van der Waals surface area contributed by atoms with E-state index in [0.717, 1.165) is 46.5 Å². The molecule has 0 aromatic carbocycles. The summed E-state index contributed by atoms with van der Waals surface area (Å²) in [4.78, 5) is 18.4.